The van der Waals surface area contributed by atoms with E-state index in [2.05, 4.69) is 155 Å². The van der Waals surface area contributed by atoms with Crippen LogP contribution in [0.15, 0.2) is 174 Å². The average Bonchev–Trinajstić information content (AvgIpc) is 3.85. The van der Waals surface area contributed by atoms with E-state index in [1.165, 1.54) is 32.6 Å². The molecule has 5 aromatic heterocycles. The monoisotopic (exact) mass is 652 g/mol. The second kappa shape index (κ2) is 10.8. The summed E-state index contributed by atoms with van der Waals surface area (Å²) in [5.74, 6) is 0. The van der Waals surface area contributed by atoms with Crippen molar-refractivity contribution in [3.05, 3.63) is 170 Å². The van der Waals surface area contributed by atoms with Gasteiger partial charge in [0.2, 0.25) is 0 Å². The van der Waals surface area contributed by atoms with Crippen molar-refractivity contribution < 1.29 is 4.42 Å². The number of aromatic nitrogens is 4. The van der Waals surface area contributed by atoms with Gasteiger partial charge in [-0.3, -0.25) is 0 Å². The minimum Gasteiger partial charge on any atom is -0.453 e. The van der Waals surface area contributed by atoms with Gasteiger partial charge in [-0.1, -0.05) is 97.1 Å². The van der Waals surface area contributed by atoms with E-state index in [1.54, 1.807) is 0 Å². The fourth-order valence-corrected chi connectivity index (χ4v) is 7.81. The molecule has 0 saturated carbocycles. The summed E-state index contributed by atoms with van der Waals surface area (Å²) in [6.45, 7) is 0. The number of hydrogen-bond donors (Lipinski definition) is 0. The predicted octanol–water partition coefficient (Wildman–Crippen LogP) is 11.9. The van der Waals surface area contributed by atoms with Gasteiger partial charge in [0.05, 0.1) is 33.5 Å². The van der Waals surface area contributed by atoms with E-state index in [4.69, 9.17) is 14.4 Å². The molecule has 0 saturated heterocycles. The van der Waals surface area contributed by atoms with E-state index in [0.29, 0.717) is 0 Å². The SMILES string of the molecule is c1ccc(-n2c3ccccc3c3ccc(-c4ccc5oc6ccc(-c7ccc8c9ccccc9n(-c9ccccc9)c8c7)nc6c5n4)cc32)cc1. The summed E-state index contributed by atoms with van der Waals surface area (Å²) in [6, 6.07) is 59.6. The molecule has 0 unspecified atom stereocenters. The maximum absolute atomic E-state index is 6.28. The Hall–Kier alpha value is -6.98. The highest BCUT2D eigenvalue weighted by Gasteiger charge is 2.18. The van der Waals surface area contributed by atoms with Gasteiger partial charge in [0.15, 0.2) is 11.2 Å². The van der Waals surface area contributed by atoms with Gasteiger partial charge in [-0.15, -0.1) is 0 Å². The molecule has 0 fully saturated rings. The molecule has 0 aliphatic rings. The Bertz CT molecular complexity index is 2920. The van der Waals surface area contributed by atoms with E-state index >= 15 is 0 Å². The standard InChI is InChI=1S/C46H28N4O/c1-3-11-31(12-4-1)49-39-17-9-7-15-33(39)35-21-19-29(27-41(35)49)37-23-25-43-45(47-37)46-44(51-43)26-24-38(48-46)30-20-22-36-34-16-8-10-18-40(34)50(42(36)28-30)32-13-5-2-6-14-32/h1-28H. The van der Waals surface area contributed by atoms with Crippen LogP contribution in [-0.4, -0.2) is 19.1 Å². The second-order valence-electron chi connectivity index (χ2n) is 13.0. The van der Waals surface area contributed by atoms with Gasteiger partial charge in [0.1, 0.15) is 11.0 Å². The molecule has 51 heavy (non-hydrogen) atoms. The Morgan fingerprint density at radius 1 is 0.353 bits per heavy atom. The van der Waals surface area contributed by atoms with Gasteiger partial charge in [0.25, 0.3) is 0 Å². The predicted molar refractivity (Wildman–Crippen MR) is 209 cm³/mol. The van der Waals surface area contributed by atoms with Crippen molar-refractivity contribution in [3.8, 4) is 33.9 Å². The van der Waals surface area contributed by atoms with Crippen LogP contribution < -0.4 is 0 Å². The first-order valence-electron chi connectivity index (χ1n) is 17.2. The first-order valence-corrected chi connectivity index (χ1v) is 17.2. The highest BCUT2D eigenvalue weighted by atomic mass is 16.3. The van der Waals surface area contributed by atoms with Crippen molar-refractivity contribution in [1.29, 1.82) is 0 Å². The van der Waals surface area contributed by atoms with Gasteiger partial charge in [-0.2, -0.15) is 0 Å². The Kier molecular flexibility index (Phi) is 5.89. The van der Waals surface area contributed by atoms with Crippen molar-refractivity contribution in [3.63, 3.8) is 0 Å². The van der Waals surface area contributed by atoms with E-state index in [0.717, 1.165) is 67.1 Å². The lowest BCUT2D eigenvalue weighted by molar-refractivity contribution is 0.667. The largest absolute Gasteiger partial charge is 0.453 e. The fourth-order valence-electron chi connectivity index (χ4n) is 7.81. The maximum Gasteiger partial charge on any atom is 0.155 e. The zero-order chi connectivity index (χ0) is 33.5. The molecule has 0 spiro atoms. The summed E-state index contributed by atoms with van der Waals surface area (Å²) in [5.41, 5.74) is 13.7. The van der Waals surface area contributed by atoms with Crippen molar-refractivity contribution >= 4 is 65.8 Å². The van der Waals surface area contributed by atoms with Gasteiger partial charge < -0.3 is 13.6 Å². The number of nitrogens with zero attached hydrogens (tertiary/aromatic N) is 4. The quantitative estimate of drug-likeness (QED) is 0.190. The smallest absolute Gasteiger partial charge is 0.155 e. The lowest BCUT2D eigenvalue weighted by Gasteiger charge is -2.09. The van der Waals surface area contributed by atoms with E-state index in [1.807, 2.05) is 24.3 Å². The van der Waals surface area contributed by atoms with Gasteiger partial charge in [-0.05, 0) is 72.8 Å². The summed E-state index contributed by atoms with van der Waals surface area (Å²) in [6.07, 6.45) is 0. The normalized spacial score (nSPS) is 11.9. The molecule has 5 nitrogen and oxygen atoms in total. The molecule has 0 atom stereocenters. The lowest BCUT2D eigenvalue weighted by atomic mass is 10.1. The summed E-state index contributed by atoms with van der Waals surface area (Å²) in [5, 5.41) is 4.88. The van der Waals surface area contributed by atoms with E-state index < -0.39 is 0 Å². The maximum atomic E-state index is 6.28. The van der Waals surface area contributed by atoms with Gasteiger partial charge in [-0.25, -0.2) is 9.97 Å². The first kappa shape index (κ1) is 27.9. The molecular formula is C46H28N4O. The Morgan fingerprint density at radius 2 is 0.765 bits per heavy atom. The minimum atomic E-state index is 0.720. The summed E-state index contributed by atoms with van der Waals surface area (Å²) >= 11 is 0. The van der Waals surface area contributed by atoms with Crippen molar-refractivity contribution in [2.45, 2.75) is 0 Å². The van der Waals surface area contributed by atoms with Crippen LogP contribution >= 0.6 is 0 Å². The lowest BCUT2D eigenvalue weighted by Crippen LogP contribution is -1.93. The van der Waals surface area contributed by atoms with Crippen LogP contribution in [0.4, 0.5) is 0 Å². The Balaban J connectivity index is 1.07. The molecule has 0 radical (unpaired) electrons. The molecule has 5 heteroatoms. The minimum absolute atomic E-state index is 0.720. The van der Waals surface area contributed by atoms with Crippen LogP contribution in [0.3, 0.4) is 0 Å². The zero-order valence-corrected chi connectivity index (χ0v) is 27.4. The number of benzene rings is 6. The van der Waals surface area contributed by atoms with Crippen LogP contribution in [0.1, 0.15) is 0 Å². The molecule has 0 aliphatic carbocycles. The van der Waals surface area contributed by atoms with Crippen LogP contribution in [0.2, 0.25) is 0 Å². The third kappa shape index (κ3) is 4.22. The summed E-state index contributed by atoms with van der Waals surface area (Å²) in [7, 11) is 0. The topological polar surface area (TPSA) is 48.8 Å². The number of furan rings is 1. The van der Waals surface area contributed by atoms with Crippen molar-refractivity contribution in [2.75, 3.05) is 0 Å². The molecule has 0 amide bonds. The van der Waals surface area contributed by atoms with Crippen LogP contribution in [-0.2, 0) is 0 Å². The Morgan fingerprint density at radius 3 is 1.24 bits per heavy atom. The Labute approximate surface area is 292 Å². The number of pyridine rings is 2. The van der Waals surface area contributed by atoms with Crippen LogP contribution in [0, 0.1) is 0 Å². The molecule has 5 heterocycles. The molecule has 238 valence electrons. The zero-order valence-electron chi connectivity index (χ0n) is 27.4. The molecule has 11 aromatic rings. The van der Waals surface area contributed by atoms with Gasteiger partial charge >= 0.3 is 0 Å². The second-order valence-corrected chi connectivity index (χ2v) is 13.0. The highest BCUT2D eigenvalue weighted by molar-refractivity contribution is 6.11. The first-order chi connectivity index (χ1) is 25.3. The molecular weight excluding hydrogens is 625 g/mol. The molecule has 6 aromatic carbocycles. The fraction of sp³-hybridized carbons (Fsp3) is 0. The molecule has 11 rings (SSSR count). The summed E-state index contributed by atoms with van der Waals surface area (Å²) < 4.78 is 10.9. The average molecular weight is 653 g/mol. The number of fused-ring (bicyclic) bond motifs is 9. The molecule has 0 bridgehead atoms. The van der Waals surface area contributed by atoms with E-state index in [-0.39, 0.29) is 0 Å². The number of rotatable bonds is 4. The van der Waals surface area contributed by atoms with Crippen LogP contribution in [0.25, 0.3) is 99.7 Å². The molecule has 0 N–H and O–H groups in total. The highest BCUT2D eigenvalue weighted by Crippen LogP contribution is 2.38. The van der Waals surface area contributed by atoms with Crippen molar-refractivity contribution in [1.82, 2.24) is 19.1 Å². The van der Waals surface area contributed by atoms with Gasteiger partial charge in [0, 0.05) is 44.0 Å². The summed E-state index contributed by atoms with van der Waals surface area (Å²) in [4.78, 5) is 10.4. The molecule has 0 aliphatic heterocycles. The number of hydrogen-bond acceptors (Lipinski definition) is 3. The van der Waals surface area contributed by atoms with Crippen molar-refractivity contribution in [2.24, 2.45) is 0 Å². The number of para-hydroxylation sites is 4. The van der Waals surface area contributed by atoms with E-state index in [9.17, 15) is 0 Å². The third-order valence-electron chi connectivity index (χ3n) is 10.1. The third-order valence-corrected chi connectivity index (χ3v) is 10.1. The van der Waals surface area contributed by atoms with Crippen LogP contribution in [0.5, 0.6) is 0 Å².